The molecule has 0 radical (unpaired) electrons. The van der Waals surface area contributed by atoms with Crippen molar-refractivity contribution in [3.63, 3.8) is 0 Å². The number of benzene rings is 1. The highest BCUT2D eigenvalue weighted by molar-refractivity contribution is 6.35. The van der Waals surface area contributed by atoms with Gasteiger partial charge >= 0.3 is 5.97 Å². The maximum absolute atomic E-state index is 14.6. The van der Waals surface area contributed by atoms with E-state index in [0.29, 0.717) is 0 Å². The first kappa shape index (κ1) is 17.4. The molecule has 0 saturated heterocycles. The van der Waals surface area contributed by atoms with Crippen molar-refractivity contribution in [1.82, 2.24) is 4.98 Å². The van der Waals surface area contributed by atoms with Crippen molar-refractivity contribution in [2.75, 3.05) is 5.73 Å². The van der Waals surface area contributed by atoms with Gasteiger partial charge in [0.2, 0.25) is 0 Å². The molecule has 4 nitrogen and oxygen atoms in total. The number of aromatic nitrogens is 1. The predicted octanol–water partition coefficient (Wildman–Crippen LogP) is 4.38. The van der Waals surface area contributed by atoms with E-state index in [1.807, 2.05) is 0 Å². The molecule has 1 heterocycles. The second-order valence-corrected chi connectivity index (χ2v) is 5.72. The van der Waals surface area contributed by atoms with Crippen molar-refractivity contribution >= 4 is 34.9 Å². The molecule has 23 heavy (non-hydrogen) atoms. The Hall–Kier alpha value is -1.92. The van der Waals surface area contributed by atoms with Crippen LogP contribution in [-0.2, 0) is 6.42 Å². The first-order chi connectivity index (χ1) is 10.7. The molecule has 1 atom stereocenters. The molecule has 0 amide bonds. The van der Waals surface area contributed by atoms with Gasteiger partial charge in [0.15, 0.2) is 5.69 Å². The summed E-state index contributed by atoms with van der Waals surface area (Å²) in [5.74, 6) is -2.16. The topological polar surface area (TPSA) is 76.2 Å². The van der Waals surface area contributed by atoms with Crippen LogP contribution in [0.15, 0.2) is 18.2 Å². The van der Waals surface area contributed by atoms with Crippen molar-refractivity contribution in [1.29, 1.82) is 0 Å². The number of hydrogen-bond acceptors (Lipinski definition) is 3. The molecule has 8 heteroatoms. The number of nitrogens with zero attached hydrogens (tertiary/aromatic N) is 1. The zero-order valence-electron chi connectivity index (χ0n) is 11.9. The Morgan fingerprint density at radius 2 is 2.09 bits per heavy atom. The number of nitrogens with two attached hydrogens (primary N) is 1. The quantitative estimate of drug-likeness (QED) is 0.848. The number of pyridine rings is 1. The van der Waals surface area contributed by atoms with E-state index in [1.165, 1.54) is 25.1 Å². The fourth-order valence-corrected chi connectivity index (χ4v) is 2.49. The maximum atomic E-state index is 14.6. The van der Waals surface area contributed by atoms with Crippen LogP contribution in [0.4, 0.5) is 14.5 Å². The molecule has 2 rings (SSSR count). The molecule has 0 aliphatic rings. The van der Waals surface area contributed by atoms with Gasteiger partial charge in [0.25, 0.3) is 0 Å². The molecular weight excluding hydrogens is 349 g/mol. The number of carboxylic acids is 1. The summed E-state index contributed by atoms with van der Waals surface area (Å²) in [4.78, 5) is 15.0. The van der Waals surface area contributed by atoms with E-state index in [2.05, 4.69) is 4.98 Å². The van der Waals surface area contributed by atoms with Crippen LogP contribution in [0.1, 0.15) is 23.0 Å². The normalized spacial score (nSPS) is 12.2. The molecule has 0 bridgehead atoms. The molecule has 2 aromatic rings. The largest absolute Gasteiger partial charge is 0.476 e. The summed E-state index contributed by atoms with van der Waals surface area (Å²) in [6.07, 6.45) is -1.51. The summed E-state index contributed by atoms with van der Waals surface area (Å²) >= 11 is 11.7. The fourth-order valence-electron chi connectivity index (χ4n) is 2.09. The Bertz CT molecular complexity index is 783. The van der Waals surface area contributed by atoms with Gasteiger partial charge in [-0.05, 0) is 25.1 Å². The first-order valence-corrected chi connectivity index (χ1v) is 7.28. The first-order valence-electron chi connectivity index (χ1n) is 6.53. The fraction of sp³-hybridized carbons (Fsp3) is 0.200. The number of nitrogen functional groups attached to an aromatic ring is 1. The smallest absolute Gasteiger partial charge is 0.356 e. The number of carboxylic acid groups (broad SMARTS) is 1. The van der Waals surface area contributed by atoms with Crippen LogP contribution < -0.4 is 5.73 Å². The van der Waals surface area contributed by atoms with Crippen molar-refractivity contribution in [2.24, 2.45) is 0 Å². The lowest BCUT2D eigenvalue weighted by atomic mass is 10.0. The van der Waals surface area contributed by atoms with Crippen LogP contribution in [0.25, 0.3) is 11.3 Å². The highest BCUT2D eigenvalue weighted by Gasteiger charge is 2.20. The van der Waals surface area contributed by atoms with Crippen molar-refractivity contribution < 1.29 is 18.7 Å². The Kier molecular flexibility index (Phi) is 5.06. The van der Waals surface area contributed by atoms with Crippen LogP contribution in [0.2, 0.25) is 10.0 Å². The third kappa shape index (κ3) is 3.54. The van der Waals surface area contributed by atoms with E-state index < -0.39 is 23.7 Å². The van der Waals surface area contributed by atoms with E-state index >= 15 is 0 Å². The summed E-state index contributed by atoms with van der Waals surface area (Å²) in [5.41, 5.74) is 5.05. The molecular formula is C15H12Cl2F2N2O2. The Balaban J connectivity index is 2.66. The highest BCUT2D eigenvalue weighted by Crippen LogP contribution is 2.33. The number of carbonyl (C=O) groups is 1. The number of halogens is 4. The zero-order valence-corrected chi connectivity index (χ0v) is 13.4. The molecule has 0 aliphatic heterocycles. The Labute approximate surface area is 140 Å². The van der Waals surface area contributed by atoms with Crippen LogP contribution in [0.5, 0.6) is 0 Å². The molecule has 1 unspecified atom stereocenters. The second kappa shape index (κ2) is 6.68. The predicted molar refractivity (Wildman–Crippen MR) is 85.3 cm³/mol. The van der Waals surface area contributed by atoms with Crippen molar-refractivity contribution in [3.8, 4) is 11.3 Å². The molecule has 1 aromatic carbocycles. The van der Waals surface area contributed by atoms with Crippen LogP contribution in [0, 0.1) is 5.82 Å². The van der Waals surface area contributed by atoms with Gasteiger partial charge in [0.1, 0.15) is 12.0 Å². The van der Waals surface area contributed by atoms with E-state index in [9.17, 15) is 13.6 Å². The average molecular weight is 361 g/mol. The lowest BCUT2D eigenvalue weighted by Gasteiger charge is -2.12. The minimum atomic E-state index is -1.39. The van der Waals surface area contributed by atoms with E-state index in [4.69, 9.17) is 34.0 Å². The van der Waals surface area contributed by atoms with E-state index in [1.54, 1.807) is 0 Å². The molecule has 0 fully saturated rings. The van der Waals surface area contributed by atoms with Gasteiger partial charge in [0.05, 0.1) is 16.4 Å². The Morgan fingerprint density at radius 1 is 1.43 bits per heavy atom. The minimum absolute atomic E-state index is 0.00800. The van der Waals surface area contributed by atoms with Crippen LogP contribution in [0.3, 0.4) is 0 Å². The number of alkyl halides is 1. The second-order valence-electron chi connectivity index (χ2n) is 4.94. The number of aromatic carboxylic acids is 1. The monoisotopic (exact) mass is 360 g/mol. The van der Waals surface area contributed by atoms with Crippen LogP contribution >= 0.6 is 23.2 Å². The lowest BCUT2D eigenvalue weighted by molar-refractivity contribution is 0.0691. The van der Waals surface area contributed by atoms with Gasteiger partial charge in [0, 0.05) is 22.6 Å². The van der Waals surface area contributed by atoms with Crippen molar-refractivity contribution in [3.05, 3.63) is 45.3 Å². The average Bonchev–Trinajstić information content (AvgIpc) is 2.46. The van der Waals surface area contributed by atoms with Gasteiger partial charge in [-0.2, -0.15) is 0 Å². The van der Waals surface area contributed by atoms with Crippen LogP contribution in [-0.4, -0.2) is 22.2 Å². The summed E-state index contributed by atoms with van der Waals surface area (Å²) in [6, 6.07) is 3.97. The minimum Gasteiger partial charge on any atom is -0.476 e. The third-order valence-corrected chi connectivity index (χ3v) is 3.89. The number of hydrogen-bond donors (Lipinski definition) is 2. The highest BCUT2D eigenvalue weighted by atomic mass is 35.5. The molecule has 0 aliphatic carbocycles. The molecule has 0 spiro atoms. The molecule has 3 N–H and O–H groups in total. The van der Waals surface area contributed by atoms with Crippen molar-refractivity contribution in [2.45, 2.75) is 19.5 Å². The van der Waals surface area contributed by atoms with Gasteiger partial charge in [-0.15, -0.1) is 0 Å². The number of anilines is 1. The molecule has 122 valence electrons. The summed E-state index contributed by atoms with van der Waals surface area (Å²) < 4.78 is 27.8. The van der Waals surface area contributed by atoms with Gasteiger partial charge in [-0.3, -0.25) is 0 Å². The van der Waals surface area contributed by atoms with E-state index in [-0.39, 0.29) is 39.0 Å². The lowest BCUT2D eigenvalue weighted by Crippen LogP contribution is -2.07. The SMILES string of the molecule is CC(F)Cc1c(Cl)ccc(-c2cc(N)c(Cl)c(C(=O)O)n2)c1F. The zero-order chi connectivity index (χ0) is 17.3. The third-order valence-electron chi connectivity index (χ3n) is 3.14. The maximum Gasteiger partial charge on any atom is 0.356 e. The van der Waals surface area contributed by atoms with E-state index in [0.717, 1.165) is 0 Å². The van der Waals surface area contributed by atoms with Gasteiger partial charge in [-0.1, -0.05) is 23.2 Å². The Morgan fingerprint density at radius 3 is 2.65 bits per heavy atom. The van der Waals surface area contributed by atoms with Gasteiger partial charge < -0.3 is 10.8 Å². The molecule has 1 aromatic heterocycles. The summed E-state index contributed by atoms with van der Waals surface area (Å²) in [7, 11) is 0. The number of rotatable bonds is 4. The summed E-state index contributed by atoms with van der Waals surface area (Å²) in [6.45, 7) is 1.28. The summed E-state index contributed by atoms with van der Waals surface area (Å²) in [5, 5.41) is 8.93. The van der Waals surface area contributed by atoms with Gasteiger partial charge in [-0.25, -0.2) is 18.6 Å². The standard InChI is InChI=1S/C15H12Cl2F2N2O2/c1-6(18)4-8-9(16)3-2-7(13(8)19)11-5-10(20)12(17)14(21-11)15(22)23/h2-3,5-6H,4H2,1H3,(H2,20,21)(H,22,23). The molecule has 0 saturated carbocycles.